The fourth-order valence-electron chi connectivity index (χ4n) is 5.00. The molecule has 0 aromatic heterocycles. The van der Waals surface area contributed by atoms with Crippen LogP contribution in [0.2, 0.25) is 5.02 Å². The Balaban J connectivity index is 1.30. The van der Waals surface area contributed by atoms with Crippen molar-refractivity contribution >= 4 is 69.4 Å². The van der Waals surface area contributed by atoms with Gasteiger partial charge in [-0.2, -0.15) is 0 Å². The molecule has 11 heteroatoms. The Hall–Kier alpha value is -3.70. The minimum Gasteiger partial charge on any atom is -0.492 e. The Labute approximate surface area is 271 Å². The van der Waals surface area contributed by atoms with Crippen LogP contribution in [-0.2, 0) is 9.59 Å². The van der Waals surface area contributed by atoms with Crippen molar-refractivity contribution in [3.05, 3.63) is 87.3 Å². The van der Waals surface area contributed by atoms with Crippen molar-refractivity contribution in [2.45, 2.75) is 26.2 Å². The van der Waals surface area contributed by atoms with Crippen LogP contribution in [0.5, 0.6) is 5.75 Å². The molecule has 0 atom stereocenters. The number of thioether (sulfide) groups is 1. The van der Waals surface area contributed by atoms with Gasteiger partial charge >= 0.3 is 5.97 Å². The highest BCUT2D eigenvalue weighted by atomic mass is 35.5. The van der Waals surface area contributed by atoms with Gasteiger partial charge < -0.3 is 15.2 Å². The van der Waals surface area contributed by atoms with Gasteiger partial charge in [0.2, 0.25) is 5.91 Å². The monoisotopic (exact) mass is 649 g/mol. The number of carboxylic acids is 1. The fraction of sp³-hybridized carbons (Fsp3) is 0.273. The Morgan fingerprint density at radius 3 is 2.45 bits per heavy atom. The molecule has 2 aliphatic rings. The predicted molar refractivity (Wildman–Crippen MR) is 179 cm³/mol. The average Bonchev–Trinajstić information content (AvgIpc) is 3.61. The number of hydrogen-bond acceptors (Lipinski definition) is 7. The number of amides is 2. The maximum absolute atomic E-state index is 13.4. The molecule has 3 aromatic carbocycles. The number of anilines is 1. The van der Waals surface area contributed by atoms with Gasteiger partial charge in [-0.05, 0) is 98.1 Å². The summed E-state index contributed by atoms with van der Waals surface area (Å²) in [4.78, 5) is 41.3. The largest absolute Gasteiger partial charge is 0.492 e. The Morgan fingerprint density at radius 2 is 1.75 bits per heavy atom. The summed E-state index contributed by atoms with van der Waals surface area (Å²) in [6.45, 7) is 5.61. The van der Waals surface area contributed by atoms with Gasteiger partial charge in [0.15, 0.2) is 0 Å². The van der Waals surface area contributed by atoms with Crippen molar-refractivity contribution in [1.82, 2.24) is 9.80 Å². The van der Waals surface area contributed by atoms with Crippen molar-refractivity contribution in [3.63, 3.8) is 0 Å². The van der Waals surface area contributed by atoms with Crippen LogP contribution in [0.15, 0.2) is 65.6 Å². The van der Waals surface area contributed by atoms with E-state index in [0.29, 0.717) is 32.3 Å². The Kier molecular flexibility index (Phi) is 10.4. The second-order valence-corrected chi connectivity index (χ2v) is 12.7. The summed E-state index contributed by atoms with van der Waals surface area (Å²) in [6, 6.07) is 17.7. The number of rotatable bonds is 11. The molecule has 0 spiro atoms. The Morgan fingerprint density at radius 1 is 1.05 bits per heavy atom. The van der Waals surface area contributed by atoms with Gasteiger partial charge in [0.1, 0.15) is 16.7 Å². The summed E-state index contributed by atoms with van der Waals surface area (Å²) in [5, 5.41) is 12.5. The smallest absolute Gasteiger partial charge is 0.335 e. The number of hydrogen-bond donors (Lipinski definition) is 2. The summed E-state index contributed by atoms with van der Waals surface area (Å²) in [6.07, 6.45) is 4.24. The minimum absolute atomic E-state index is 0.0227. The van der Waals surface area contributed by atoms with Gasteiger partial charge in [0.05, 0.1) is 10.5 Å². The number of halogens is 1. The van der Waals surface area contributed by atoms with Crippen molar-refractivity contribution in [3.8, 4) is 16.9 Å². The van der Waals surface area contributed by atoms with E-state index in [-0.39, 0.29) is 30.3 Å². The number of aryl methyl sites for hydroxylation is 1. The number of carbonyl (C=O) groups excluding carboxylic acids is 2. The lowest BCUT2D eigenvalue weighted by Gasteiger charge is -2.17. The molecular weight excluding hydrogens is 618 g/mol. The summed E-state index contributed by atoms with van der Waals surface area (Å²) >= 11 is 13.1. The van der Waals surface area contributed by atoms with E-state index in [4.69, 9.17) is 33.7 Å². The third kappa shape index (κ3) is 7.87. The maximum Gasteiger partial charge on any atom is 0.335 e. The molecule has 2 N–H and O–H groups in total. The predicted octanol–water partition coefficient (Wildman–Crippen LogP) is 6.72. The van der Waals surface area contributed by atoms with Crippen LogP contribution < -0.4 is 10.1 Å². The van der Waals surface area contributed by atoms with Crippen LogP contribution in [0.4, 0.5) is 5.69 Å². The van der Waals surface area contributed by atoms with E-state index in [1.54, 1.807) is 6.08 Å². The molecule has 0 saturated carbocycles. The number of aromatic carboxylic acids is 1. The lowest BCUT2D eigenvalue weighted by atomic mass is 10.0. The van der Waals surface area contributed by atoms with Gasteiger partial charge in [-0.3, -0.25) is 19.4 Å². The second kappa shape index (κ2) is 14.4. The number of carbonyl (C=O) groups is 3. The molecule has 0 bridgehead atoms. The summed E-state index contributed by atoms with van der Waals surface area (Å²) in [5.41, 5.74) is 4.23. The SMILES string of the molecule is Cc1ccc(-c2ccc(OCCN3CCCC3)c(C=C3SC(=S)N(CCC(=O)Nc4ccc(C(=O)O)cc4)C3=O)c2)cc1Cl. The molecule has 2 saturated heterocycles. The molecule has 2 fully saturated rings. The van der Waals surface area contributed by atoms with Crippen LogP contribution in [0.1, 0.15) is 40.7 Å². The van der Waals surface area contributed by atoms with E-state index in [0.717, 1.165) is 41.9 Å². The zero-order chi connectivity index (χ0) is 31.2. The van der Waals surface area contributed by atoms with Crippen LogP contribution in [0.3, 0.4) is 0 Å². The topological polar surface area (TPSA) is 99.2 Å². The van der Waals surface area contributed by atoms with E-state index in [1.165, 1.54) is 53.8 Å². The van der Waals surface area contributed by atoms with Gasteiger partial charge in [-0.25, -0.2) is 4.79 Å². The highest BCUT2D eigenvalue weighted by Gasteiger charge is 2.32. The van der Waals surface area contributed by atoms with Crippen molar-refractivity contribution < 1.29 is 24.2 Å². The van der Waals surface area contributed by atoms with Crippen LogP contribution in [-0.4, -0.2) is 69.8 Å². The number of thiocarbonyl (C=S) groups is 1. The summed E-state index contributed by atoms with van der Waals surface area (Å²) in [7, 11) is 0. The number of nitrogens with one attached hydrogen (secondary N) is 1. The van der Waals surface area contributed by atoms with Gasteiger partial charge in [0.25, 0.3) is 5.91 Å². The van der Waals surface area contributed by atoms with Gasteiger partial charge in [-0.1, -0.05) is 53.8 Å². The highest BCUT2D eigenvalue weighted by molar-refractivity contribution is 8.26. The average molecular weight is 650 g/mol. The Bertz CT molecular complexity index is 1620. The summed E-state index contributed by atoms with van der Waals surface area (Å²) in [5.74, 6) is -0.961. The zero-order valence-corrected chi connectivity index (χ0v) is 26.6. The first-order chi connectivity index (χ1) is 21.2. The van der Waals surface area contributed by atoms with E-state index < -0.39 is 5.97 Å². The molecule has 0 unspecified atom stereocenters. The number of carboxylic acid groups (broad SMARTS) is 1. The first kappa shape index (κ1) is 31.7. The number of nitrogens with zero attached hydrogens (tertiary/aromatic N) is 2. The molecule has 2 aliphatic heterocycles. The molecule has 5 rings (SSSR count). The molecule has 228 valence electrons. The molecule has 2 heterocycles. The molecule has 8 nitrogen and oxygen atoms in total. The van der Waals surface area contributed by atoms with Crippen LogP contribution >= 0.6 is 35.6 Å². The molecule has 0 radical (unpaired) electrons. The van der Waals surface area contributed by atoms with Crippen molar-refractivity contribution in [2.24, 2.45) is 0 Å². The van der Waals surface area contributed by atoms with Crippen molar-refractivity contribution in [2.75, 3.05) is 38.1 Å². The normalized spacial score (nSPS) is 16.1. The third-order valence-electron chi connectivity index (χ3n) is 7.52. The first-order valence-electron chi connectivity index (χ1n) is 14.3. The lowest BCUT2D eigenvalue weighted by molar-refractivity contribution is -0.122. The van der Waals surface area contributed by atoms with E-state index in [2.05, 4.69) is 10.2 Å². The minimum atomic E-state index is -1.04. The molecule has 2 amide bonds. The maximum atomic E-state index is 13.4. The zero-order valence-electron chi connectivity index (χ0n) is 24.2. The van der Waals surface area contributed by atoms with Gasteiger partial charge in [0, 0.05) is 35.8 Å². The third-order valence-corrected chi connectivity index (χ3v) is 9.30. The van der Waals surface area contributed by atoms with Crippen LogP contribution in [0.25, 0.3) is 17.2 Å². The molecule has 0 aliphatic carbocycles. The fourth-order valence-corrected chi connectivity index (χ4v) is 6.48. The number of ether oxygens (including phenoxy) is 1. The number of likely N-dealkylation sites (tertiary alicyclic amines) is 1. The molecular formula is C33H32ClN3O5S2. The quantitative estimate of drug-likeness (QED) is 0.175. The molecule has 3 aromatic rings. The van der Waals surface area contributed by atoms with Crippen LogP contribution in [0, 0.1) is 6.92 Å². The highest BCUT2D eigenvalue weighted by Crippen LogP contribution is 2.36. The second-order valence-electron chi connectivity index (χ2n) is 10.6. The summed E-state index contributed by atoms with van der Waals surface area (Å²) < 4.78 is 6.60. The standard InChI is InChI=1S/C33H32ClN3O5S2/c1-21-4-5-24(19-27(21)34)23-8-11-28(42-17-16-36-13-2-3-14-36)25(18-23)20-29-31(39)37(33(43)44-29)15-12-30(38)35-26-9-6-22(7-10-26)32(40)41/h4-11,18-20H,2-3,12-17H2,1H3,(H,35,38)(H,40,41). The van der Waals surface area contributed by atoms with E-state index >= 15 is 0 Å². The van der Waals surface area contributed by atoms with Gasteiger partial charge in [-0.15, -0.1) is 0 Å². The first-order valence-corrected chi connectivity index (χ1v) is 15.9. The lowest BCUT2D eigenvalue weighted by Crippen LogP contribution is -2.31. The van der Waals surface area contributed by atoms with Crippen molar-refractivity contribution in [1.29, 1.82) is 0 Å². The van der Waals surface area contributed by atoms with E-state index in [9.17, 15) is 14.4 Å². The molecule has 44 heavy (non-hydrogen) atoms. The number of benzene rings is 3. The van der Waals surface area contributed by atoms with E-state index in [1.807, 2.05) is 43.3 Å².